The molecule has 0 aliphatic heterocycles. The Morgan fingerprint density at radius 1 is 1.12 bits per heavy atom. The van der Waals surface area contributed by atoms with Crippen LogP contribution in [0.15, 0.2) is 24.3 Å². The van der Waals surface area contributed by atoms with Gasteiger partial charge in [-0.1, -0.05) is 12.1 Å². The number of carbonyl (C=O) groups is 1. The van der Waals surface area contributed by atoms with Crippen LogP contribution in [0.4, 0.5) is 0 Å². The van der Waals surface area contributed by atoms with Crippen LogP contribution in [0.2, 0.25) is 0 Å². The molecular formula is C20H26N2O2S. The summed E-state index contributed by atoms with van der Waals surface area (Å²) >= 11 is 5.37. The maximum absolute atomic E-state index is 12.9. The Balaban J connectivity index is 1.32. The predicted octanol–water partition coefficient (Wildman–Crippen LogP) is 3.40. The second-order valence-electron chi connectivity index (χ2n) is 8.18. The molecule has 4 bridgehead atoms. The highest BCUT2D eigenvalue weighted by atomic mass is 32.1. The number of hydrogen-bond donors (Lipinski definition) is 2. The largest absolute Gasteiger partial charge is 0.497 e. The Labute approximate surface area is 154 Å². The second kappa shape index (κ2) is 6.60. The molecule has 4 aliphatic carbocycles. The van der Waals surface area contributed by atoms with Crippen molar-refractivity contribution in [2.24, 2.45) is 23.2 Å². The molecule has 4 saturated carbocycles. The van der Waals surface area contributed by atoms with E-state index in [4.69, 9.17) is 17.0 Å². The van der Waals surface area contributed by atoms with Gasteiger partial charge in [0.2, 0.25) is 5.91 Å². The minimum Gasteiger partial charge on any atom is -0.497 e. The number of thiocarbonyl (C=S) groups is 1. The standard InChI is InChI=1S/C20H26N2O2S/c1-24-17-4-2-13(3-5-17)12-21-19(25)22-18(23)20-9-14-6-15(10-20)8-16(7-14)11-20/h2-5,14-16H,6-12H2,1H3,(H2,21,22,23,25). The van der Waals surface area contributed by atoms with Gasteiger partial charge in [0.05, 0.1) is 12.5 Å². The van der Waals surface area contributed by atoms with E-state index in [0.29, 0.717) is 11.7 Å². The van der Waals surface area contributed by atoms with Gasteiger partial charge in [0.25, 0.3) is 0 Å². The number of benzene rings is 1. The quantitative estimate of drug-likeness (QED) is 0.810. The van der Waals surface area contributed by atoms with Crippen LogP contribution in [0.1, 0.15) is 44.1 Å². The van der Waals surface area contributed by atoms with Crippen molar-refractivity contribution in [1.82, 2.24) is 10.6 Å². The van der Waals surface area contributed by atoms with Crippen LogP contribution in [-0.2, 0) is 11.3 Å². The van der Waals surface area contributed by atoms with Crippen molar-refractivity contribution in [3.05, 3.63) is 29.8 Å². The topological polar surface area (TPSA) is 50.4 Å². The highest BCUT2D eigenvalue weighted by molar-refractivity contribution is 7.80. The summed E-state index contributed by atoms with van der Waals surface area (Å²) in [5, 5.41) is 6.59. The summed E-state index contributed by atoms with van der Waals surface area (Å²) in [4.78, 5) is 12.9. The smallest absolute Gasteiger partial charge is 0.232 e. The Bertz CT molecular complexity index is 635. The Morgan fingerprint density at radius 3 is 2.20 bits per heavy atom. The first-order valence-electron chi connectivity index (χ1n) is 9.28. The van der Waals surface area contributed by atoms with Gasteiger partial charge < -0.3 is 15.4 Å². The molecule has 134 valence electrons. The first-order chi connectivity index (χ1) is 12.1. The van der Waals surface area contributed by atoms with E-state index in [1.807, 2.05) is 24.3 Å². The van der Waals surface area contributed by atoms with Crippen molar-refractivity contribution in [3.63, 3.8) is 0 Å². The van der Waals surface area contributed by atoms with Crippen molar-refractivity contribution in [1.29, 1.82) is 0 Å². The lowest BCUT2D eigenvalue weighted by atomic mass is 9.49. The van der Waals surface area contributed by atoms with Crippen molar-refractivity contribution in [2.75, 3.05) is 7.11 Å². The molecule has 4 nitrogen and oxygen atoms in total. The average Bonchev–Trinajstić information content (AvgIpc) is 2.59. The molecule has 2 N–H and O–H groups in total. The molecule has 0 radical (unpaired) electrons. The maximum atomic E-state index is 12.9. The average molecular weight is 359 g/mol. The lowest BCUT2D eigenvalue weighted by Gasteiger charge is -2.55. The van der Waals surface area contributed by atoms with Crippen LogP contribution in [-0.4, -0.2) is 18.1 Å². The number of carbonyl (C=O) groups excluding carboxylic acids is 1. The van der Waals surface area contributed by atoms with E-state index >= 15 is 0 Å². The van der Waals surface area contributed by atoms with Gasteiger partial charge >= 0.3 is 0 Å². The van der Waals surface area contributed by atoms with Crippen LogP contribution in [0.5, 0.6) is 5.75 Å². The van der Waals surface area contributed by atoms with E-state index in [-0.39, 0.29) is 11.3 Å². The number of methoxy groups -OCH3 is 1. The van der Waals surface area contributed by atoms with Gasteiger partial charge in [-0.15, -0.1) is 0 Å². The first kappa shape index (κ1) is 16.8. The van der Waals surface area contributed by atoms with Crippen LogP contribution in [0.3, 0.4) is 0 Å². The predicted molar refractivity (Wildman–Crippen MR) is 101 cm³/mol. The molecular weight excluding hydrogens is 332 g/mol. The monoisotopic (exact) mass is 358 g/mol. The summed E-state index contributed by atoms with van der Waals surface area (Å²) in [6.45, 7) is 0.601. The SMILES string of the molecule is COc1ccc(CNC(=S)NC(=O)C23CC4CC(CC(C4)C2)C3)cc1. The third kappa shape index (κ3) is 3.39. The number of ether oxygens (including phenoxy) is 1. The highest BCUT2D eigenvalue weighted by Crippen LogP contribution is 2.60. The zero-order chi connectivity index (χ0) is 17.4. The van der Waals surface area contributed by atoms with E-state index < -0.39 is 0 Å². The Kier molecular flexibility index (Phi) is 4.44. The minimum absolute atomic E-state index is 0.152. The van der Waals surface area contributed by atoms with Crippen LogP contribution in [0.25, 0.3) is 0 Å². The van der Waals surface area contributed by atoms with Gasteiger partial charge in [0, 0.05) is 6.54 Å². The number of amides is 1. The van der Waals surface area contributed by atoms with Crippen molar-refractivity contribution < 1.29 is 9.53 Å². The maximum Gasteiger partial charge on any atom is 0.232 e. The Hall–Kier alpha value is -1.62. The van der Waals surface area contributed by atoms with Crippen molar-refractivity contribution >= 4 is 23.2 Å². The molecule has 0 unspecified atom stereocenters. The third-order valence-electron chi connectivity index (χ3n) is 6.36. The molecule has 5 heteroatoms. The lowest BCUT2D eigenvalue weighted by Crippen LogP contribution is -2.55. The molecule has 0 heterocycles. The molecule has 5 rings (SSSR count). The molecule has 4 fully saturated rings. The number of rotatable bonds is 4. The lowest BCUT2D eigenvalue weighted by molar-refractivity contribution is -0.144. The fraction of sp³-hybridized carbons (Fsp3) is 0.600. The molecule has 0 saturated heterocycles. The molecule has 0 atom stereocenters. The van der Waals surface area contributed by atoms with E-state index in [1.165, 1.54) is 19.3 Å². The minimum atomic E-state index is -0.152. The number of hydrogen-bond acceptors (Lipinski definition) is 3. The summed E-state index contributed by atoms with van der Waals surface area (Å²) < 4.78 is 5.16. The molecule has 25 heavy (non-hydrogen) atoms. The summed E-state index contributed by atoms with van der Waals surface area (Å²) in [6, 6.07) is 7.84. The van der Waals surface area contributed by atoms with Gasteiger partial charge in [-0.25, -0.2) is 0 Å². The van der Waals surface area contributed by atoms with Gasteiger partial charge in [-0.3, -0.25) is 4.79 Å². The van der Waals surface area contributed by atoms with Crippen molar-refractivity contribution in [2.45, 2.75) is 45.1 Å². The van der Waals surface area contributed by atoms with E-state index in [0.717, 1.165) is 48.3 Å². The highest BCUT2D eigenvalue weighted by Gasteiger charge is 2.54. The summed E-state index contributed by atoms with van der Waals surface area (Å²) in [5.74, 6) is 3.27. The summed E-state index contributed by atoms with van der Waals surface area (Å²) in [7, 11) is 1.66. The molecule has 1 amide bonds. The van der Waals surface area contributed by atoms with E-state index in [2.05, 4.69) is 10.6 Å². The number of nitrogens with one attached hydrogen (secondary N) is 2. The van der Waals surface area contributed by atoms with Gasteiger partial charge in [0.15, 0.2) is 5.11 Å². The zero-order valence-electron chi connectivity index (χ0n) is 14.7. The normalized spacial score (nSPS) is 32.3. The fourth-order valence-corrected chi connectivity index (χ4v) is 5.76. The van der Waals surface area contributed by atoms with Crippen molar-refractivity contribution in [3.8, 4) is 5.75 Å². The van der Waals surface area contributed by atoms with Crippen LogP contribution < -0.4 is 15.4 Å². The zero-order valence-corrected chi connectivity index (χ0v) is 15.5. The molecule has 4 aliphatic rings. The van der Waals surface area contributed by atoms with Gasteiger partial charge in [-0.05, 0) is 86.2 Å². The first-order valence-corrected chi connectivity index (χ1v) is 9.69. The second-order valence-corrected chi connectivity index (χ2v) is 8.59. The molecule has 1 aromatic rings. The summed E-state index contributed by atoms with van der Waals surface area (Å²) in [6.07, 6.45) is 7.20. The molecule has 0 spiro atoms. The molecule has 0 aromatic heterocycles. The molecule has 1 aromatic carbocycles. The third-order valence-corrected chi connectivity index (χ3v) is 6.61. The van der Waals surface area contributed by atoms with E-state index in [9.17, 15) is 4.79 Å². The summed E-state index contributed by atoms with van der Waals surface area (Å²) in [5.41, 5.74) is 0.952. The Morgan fingerprint density at radius 2 is 1.68 bits per heavy atom. The van der Waals surface area contributed by atoms with Crippen LogP contribution >= 0.6 is 12.2 Å². The fourth-order valence-electron chi connectivity index (χ4n) is 5.59. The van der Waals surface area contributed by atoms with Gasteiger partial charge in [-0.2, -0.15) is 0 Å². The van der Waals surface area contributed by atoms with E-state index in [1.54, 1.807) is 7.11 Å². The van der Waals surface area contributed by atoms with Crippen LogP contribution in [0, 0.1) is 23.2 Å². The van der Waals surface area contributed by atoms with Gasteiger partial charge in [0.1, 0.15) is 5.75 Å².